The highest BCUT2D eigenvalue weighted by molar-refractivity contribution is 5.85. The molecule has 0 atom stereocenters. The SMILES string of the molecule is Cc1cccc(-c2ccccc2)c1-c1ccccc1.O=C(O)O. The molecule has 0 bridgehead atoms. The van der Waals surface area contributed by atoms with Crippen LogP contribution in [0.15, 0.2) is 78.9 Å². The molecule has 0 unspecified atom stereocenters. The first-order valence-corrected chi connectivity index (χ1v) is 7.22. The van der Waals surface area contributed by atoms with Crippen molar-refractivity contribution in [2.75, 3.05) is 0 Å². The van der Waals surface area contributed by atoms with Crippen molar-refractivity contribution in [2.45, 2.75) is 6.92 Å². The molecule has 0 aliphatic heterocycles. The van der Waals surface area contributed by atoms with Gasteiger partial charge in [0.25, 0.3) is 0 Å². The molecule has 23 heavy (non-hydrogen) atoms. The predicted molar refractivity (Wildman–Crippen MR) is 92.7 cm³/mol. The lowest BCUT2D eigenvalue weighted by Crippen LogP contribution is -1.88. The molecule has 3 heteroatoms. The summed E-state index contributed by atoms with van der Waals surface area (Å²) in [5, 5.41) is 13.9. The van der Waals surface area contributed by atoms with Gasteiger partial charge in [0.2, 0.25) is 0 Å². The molecule has 0 saturated heterocycles. The Labute approximate surface area is 135 Å². The van der Waals surface area contributed by atoms with E-state index in [1.165, 1.54) is 27.8 Å². The second-order valence-electron chi connectivity index (χ2n) is 5.01. The van der Waals surface area contributed by atoms with Gasteiger partial charge in [-0.3, -0.25) is 0 Å². The van der Waals surface area contributed by atoms with Gasteiger partial charge >= 0.3 is 6.16 Å². The number of benzene rings is 3. The first-order valence-electron chi connectivity index (χ1n) is 7.22. The van der Waals surface area contributed by atoms with Crippen LogP contribution in [0.3, 0.4) is 0 Å². The minimum Gasteiger partial charge on any atom is -0.450 e. The fourth-order valence-corrected chi connectivity index (χ4v) is 2.51. The zero-order chi connectivity index (χ0) is 16.7. The highest BCUT2D eigenvalue weighted by atomic mass is 16.6. The summed E-state index contributed by atoms with van der Waals surface area (Å²) < 4.78 is 0. The molecule has 116 valence electrons. The summed E-state index contributed by atoms with van der Waals surface area (Å²) >= 11 is 0. The Kier molecular flexibility index (Phi) is 5.53. The standard InChI is InChI=1S/C19H16.CH2O3/c1-15-9-8-14-18(16-10-4-2-5-11-16)19(15)17-12-6-3-7-13-17;2-1(3)4/h2-14H,1H3;(H2,2,3,4). The molecule has 0 aliphatic carbocycles. The summed E-state index contributed by atoms with van der Waals surface area (Å²) in [4.78, 5) is 8.56. The van der Waals surface area contributed by atoms with Gasteiger partial charge in [0.05, 0.1) is 0 Å². The molecular weight excluding hydrogens is 288 g/mol. The molecule has 0 radical (unpaired) electrons. The minimum absolute atomic E-state index is 1.27. The molecule has 0 heterocycles. The molecule has 0 aromatic heterocycles. The van der Waals surface area contributed by atoms with E-state index in [9.17, 15) is 0 Å². The normalized spacial score (nSPS) is 9.61. The van der Waals surface area contributed by atoms with Crippen molar-refractivity contribution < 1.29 is 15.0 Å². The highest BCUT2D eigenvalue weighted by Crippen LogP contribution is 2.34. The molecule has 3 nitrogen and oxygen atoms in total. The summed E-state index contributed by atoms with van der Waals surface area (Å²) in [6.45, 7) is 2.18. The van der Waals surface area contributed by atoms with Crippen LogP contribution in [0.5, 0.6) is 0 Å². The molecule has 3 rings (SSSR count). The van der Waals surface area contributed by atoms with Crippen molar-refractivity contribution >= 4 is 6.16 Å². The van der Waals surface area contributed by atoms with Crippen LogP contribution in [-0.4, -0.2) is 16.4 Å². The van der Waals surface area contributed by atoms with Crippen LogP contribution < -0.4 is 0 Å². The van der Waals surface area contributed by atoms with Gasteiger partial charge in [-0.2, -0.15) is 0 Å². The van der Waals surface area contributed by atoms with Gasteiger partial charge in [-0.15, -0.1) is 0 Å². The van der Waals surface area contributed by atoms with Crippen LogP contribution in [0.2, 0.25) is 0 Å². The van der Waals surface area contributed by atoms with Crippen LogP contribution in [0.25, 0.3) is 22.3 Å². The van der Waals surface area contributed by atoms with Crippen LogP contribution in [0.4, 0.5) is 4.79 Å². The third-order valence-corrected chi connectivity index (χ3v) is 3.42. The van der Waals surface area contributed by atoms with Gasteiger partial charge in [-0.1, -0.05) is 78.9 Å². The van der Waals surface area contributed by atoms with Crippen molar-refractivity contribution in [2.24, 2.45) is 0 Å². The average molecular weight is 306 g/mol. The van der Waals surface area contributed by atoms with E-state index >= 15 is 0 Å². The molecule has 3 aromatic rings. The van der Waals surface area contributed by atoms with E-state index in [1.54, 1.807) is 0 Å². The molecule has 0 spiro atoms. The quantitative estimate of drug-likeness (QED) is 0.652. The predicted octanol–water partition coefficient (Wildman–Crippen LogP) is 5.55. The second kappa shape index (κ2) is 7.80. The third kappa shape index (κ3) is 4.45. The Morgan fingerprint density at radius 3 is 1.70 bits per heavy atom. The Balaban J connectivity index is 0.000000433. The topological polar surface area (TPSA) is 57.5 Å². The zero-order valence-corrected chi connectivity index (χ0v) is 12.8. The van der Waals surface area contributed by atoms with Gasteiger partial charge in [0.15, 0.2) is 0 Å². The van der Waals surface area contributed by atoms with E-state index in [0.29, 0.717) is 0 Å². The molecule has 0 fully saturated rings. The fourth-order valence-electron chi connectivity index (χ4n) is 2.51. The lowest BCUT2D eigenvalue weighted by Gasteiger charge is -2.13. The summed E-state index contributed by atoms with van der Waals surface area (Å²) in [7, 11) is 0. The summed E-state index contributed by atoms with van der Waals surface area (Å²) in [6, 6.07) is 27.7. The molecular formula is C20H18O3. The second-order valence-corrected chi connectivity index (χ2v) is 5.01. The number of aryl methyl sites for hydroxylation is 1. The number of rotatable bonds is 2. The van der Waals surface area contributed by atoms with Gasteiger partial charge < -0.3 is 10.2 Å². The Morgan fingerprint density at radius 1 is 0.696 bits per heavy atom. The third-order valence-electron chi connectivity index (χ3n) is 3.42. The number of carbonyl (C=O) groups is 1. The molecule has 2 N–H and O–H groups in total. The van der Waals surface area contributed by atoms with E-state index in [-0.39, 0.29) is 0 Å². The molecule has 0 saturated carbocycles. The largest absolute Gasteiger partial charge is 0.503 e. The maximum absolute atomic E-state index is 8.56. The number of carboxylic acid groups (broad SMARTS) is 2. The van der Waals surface area contributed by atoms with E-state index < -0.39 is 6.16 Å². The Morgan fingerprint density at radius 2 is 1.17 bits per heavy atom. The molecule has 0 aliphatic rings. The van der Waals surface area contributed by atoms with Crippen molar-refractivity contribution in [1.82, 2.24) is 0 Å². The van der Waals surface area contributed by atoms with Crippen molar-refractivity contribution in [1.29, 1.82) is 0 Å². The van der Waals surface area contributed by atoms with Crippen LogP contribution in [0, 0.1) is 6.92 Å². The van der Waals surface area contributed by atoms with Gasteiger partial charge in [0, 0.05) is 0 Å². The zero-order valence-electron chi connectivity index (χ0n) is 12.8. The van der Waals surface area contributed by atoms with Gasteiger partial charge in [-0.05, 0) is 34.7 Å². The lowest BCUT2D eigenvalue weighted by atomic mass is 9.91. The van der Waals surface area contributed by atoms with E-state index in [0.717, 1.165) is 0 Å². The Hall–Kier alpha value is -3.07. The first-order chi connectivity index (χ1) is 11.1. The van der Waals surface area contributed by atoms with Gasteiger partial charge in [-0.25, -0.2) is 4.79 Å². The minimum atomic E-state index is -1.83. The maximum Gasteiger partial charge on any atom is 0.503 e. The highest BCUT2D eigenvalue weighted by Gasteiger charge is 2.09. The average Bonchev–Trinajstić information content (AvgIpc) is 2.56. The maximum atomic E-state index is 8.56. The number of hydrogen-bond acceptors (Lipinski definition) is 1. The lowest BCUT2D eigenvalue weighted by molar-refractivity contribution is 0.137. The smallest absolute Gasteiger partial charge is 0.450 e. The van der Waals surface area contributed by atoms with Crippen LogP contribution in [-0.2, 0) is 0 Å². The Bertz CT molecular complexity index is 761. The van der Waals surface area contributed by atoms with E-state index in [1.807, 2.05) is 0 Å². The van der Waals surface area contributed by atoms with E-state index in [4.69, 9.17) is 15.0 Å². The first kappa shape index (κ1) is 16.3. The van der Waals surface area contributed by atoms with Crippen LogP contribution in [0.1, 0.15) is 5.56 Å². The van der Waals surface area contributed by atoms with E-state index in [2.05, 4.69) is 85.8 Å². The van der Waals surface area contributed by atoms with Crippen molar-refractivity contribution in [3.05, 3.63) is 84.4 Å². The fraction of sp³-hybridized carbons (Fsp3) is 0.0500. The molecule has 0 amide bonds. The number of hydrogen-bond donors (Lipinski definition) is 2. The summed E-state index contributed by atoms with van der Waals surface area (Å²) in [5.74, 6) is 0. The monoisotopic (exact) mass is 306 g/mol. The van der Waals surface area contributed by atoms with Crippen molar-refractivity contribution in [3.8, 4) is 22.3 Å². The summed E-state index contributed by atoms with van der Waals surface area (Å²) in [6.07, 6.45) is -1.83. The van der Waals surface area contributed by atoms with Crippen LogP contribution >= 0.6 is 0 Å². The van der Waals surface area contributed by atoms with Crippen molar-refractivity contribution in [3.63, 3.8) is 0 Å². The molecule has 3 aromatic carbocycles. The van der Waals surface area contributed by atoms with Gasteiger partial charge in [0.1, 0.15) is 0 Å². The summed E-state index contributed by atoms with van der Waals surface area (Å²) in [5.41, 5.74) is 6.48.